The lowest BCUT2D eigenvalue weighted by Crippen LogP contribution is -2.46. The van der Waals surface area contributed by atoms with Crippen LogP contribution >= 0.6 is 11.3 Å². The number of ether oxygens (including phenoxy) is 2. The first-order valence-corrected chi connectivity index (χ1v) is 17.2. The first-order valence-electron chi connectivity index (χ1n) is 13.5. The van der Waals surface area contributed by atoms with E-state index < -0.39 is 8.32 Å². The van der Waals surface area contributed by atoms with Crippen LogP contribution in [0.3, 0.4) is 0 Å². The number of benzene rings is 1. The first-order chi connectivity index (χ1) is 17.2. The molecule has 2 fully saturated rings. The third-order valence-corrected chi connectivity index (χ3v) is 14.1. The van der Waals surface area contributed by atoms with Crippen molar-refractivity contribution in [2.24, 2.45) is 0 Å². The van der Waals surface area contributed by atoms with Crippen LogP contribution in [0.2, 0.25) is 18.1 Å². The fourth-order valence-corrected chi connectivity index (χ4v) is 7.20. The van der Waals surface area contributed by atoms with Gasteiger partial charge in [-0.05, 0) is 67.9 Å². The van der Waals surface area contributed by atoms with Crippen molar-refractivity contribution in [3.05, 3.63) is 30.1 Å². The van der Waals surface area contributed by atoms with Crippen LogP contribution in [-0.4, -0.2) is 68.2 Å². The van der Waals surface area contributed by atoms with Gasteiger partial charge < -0.3 is 13.9 Å². The SMILES string of the molecule is CC(C)(C)[Si](C)(C)OCCc1ccc2sc3ncnc(O[C@H]4CC[C@H](N5CCOCC5)CC4)c3c2c1. The molecule has 3 aromatic rings. The molecular weight excluding hydrogens is 486 g/mol. The minimum absolute atomic E-state index is 0.219. The van der Waals surface area contributed by atoms with Gasteiger partial charge in [0, 0.05) is 35.8 Å². The highest BCUT2D eigenvalue weighted by molar-refractivity contribution is 7.25. The lowest BCUT2D eigenvalue weighted by atomic mass is 9.91. The van der Waals surface area contributed by atoms with Crippen LogP contribution in [0.4, 0.5) is 0 Å². The fourth-order valence-electron chi connectivity index (χ4n) is 5.14. The standard InChI is InChI=1S/C28H41N3O3SSi/c1-28(2,3)36(4,5)33-15-12-20-6-11-24-23(18-20)25-26(29-19-30-27(25)35-24)34-22-9-7-21(8-10-22)31-13-16-32-17-14-31/h6,11,18-19,21-22H,7-10,12-17H2,1-5H3/t21-,22-. The van der Waals surface area contributed by atoms with Crippen molar-refractivity contribution in [3.63, 3.8) is 0 Å². The summed E-state index contributed by atoms with van der Waals surface area (Å²) in [4.78, 5) is 12.8. The molecule has 0 amide bonds. The van der Waals surface area contributed by atoms with E-state index >= 15 is 0 Å². The quantitative estimate of drug-likeness (QED) is 0.330. The van der Waals surface area contributed by atoms with Gasteiger partial charge in [0.05, 0.1) is 18.6 Å². The molecule has 0 N–H and O–H groups in total. The van der Waals surface area contributed by atoms with Crippen molar-refractivity contribution in [1.29, 1.82) is 0 Å². The second kappa shape index (κ2) is 10.7. The summed E-state index contributed by atoms with van der Waals surface area (Å²) in [6.45, 7) is 16.1. The molecule has 0 bridgehead atoms. The average Bonchev–Trinajstić information content (AvgIpc) is 3.23. The fraction of sp³-hybridized carbons (Fsp3) is 0.643. The van der Waals surface area contributed by atoms with Gasteiger partial charge in [-0.25, -0.2) is 9.97 Å². The molecule has 1 saturated heterocycles. The number of morpholine rings is 1. The number of hydrogen-bond acceptors (Lipinski definition) is 7. The molecule has 0 unspecified atom stereocenters. The van der Waals surface area contributed by atoms with Gasteiger partial charge in [0.25, 0.3) is 0 Å². The second-order valence-corrected chi connectivity index (χ2v) is 17.7. The molecule has 2 aliphatic rings. The molecule has 2 aromatic heterocycles. The minimum Gasteiger partial charge on any atom is -0.474 e. The third kappa shape index (κ3) is 5.63. The Labute approximate surface area is 220 Å². The lowest BCUT2D eigenvalue weighted by molar-refractivity contribution is -0.00125. The van der Waals surface area contributed by atoms with E-state index in [2.05, 4.69) is 66.9 Å². The largest absolute Gasteiger partial charge is 0.474 e. The summed E-state index contributed by atoms with van der Waals surface area (Å²) in [7, 11) is -1.74. The highest BCUT2D eigenvalue weighted by Crippen LogP contribution is 2.39. The van der Waals surface area contributed by atoms with Crippen molar-refractivity contribution in [2.75, 3.05) is 32.9 Å². The Morgan fingerprint density at radius 3 is 2.56 bits per heavy atom. The molecule has 6 nitrogen and oxygen atoms in total. The van der Waals surface area contributed by atoms with Gasteiger partial charge in [0.1, 0.15) is 17.3 Å². The Hall–Kier alpha value is -1.58. The van der Waals surface area contributed by atoms with Gasteiger partial charge in [0.15, 0.2) is 8.32 Å². The van der Waals surface area contributed by atoms with Crippen LogP contribution in [-0.2, 0) is 15.6 Å². The number of nitrogens with zero attached hydrogens (tertiary/aromatic N) is 3. The summed E-state index contributed by atoms with van der Waals surface area (Å²) in [6, 6.07) is 7.42. The topological polar surface area (TPSA) is 56.7 Å². The minimum atomic E-state index is -1.74. The van der Waals surface area contributed by atoms with E-state index in [1.807, 2.05) is 0 Å². The zero-order valence-corrected chi connectivity index (χ0v) is 24.3. The number of aromatic nitrogens is 2. The monoisotopic (exact) mass is 527 g/mol. The van der Waals surface area contributed by atoms with E-state index in [4.69, 9.17) is 13.9 Å². The molecule has 196 valence electrons. The Morgan fingerprint density at radius 2 is 1.83 bits per heavy atom. The van der Waals surface area contributed by atoms with E-state index in [0.717, 1.165) is 68.3 Å². The van der Waals surface area contributed by atoms with Crippen LogP contribution in [0.25, 0.3) is 20.3 Å². The maximum absolute atomic E-state index is 6.57. The molecule has 1 aromatic carbocycles. The maximum Gasteiger partial charge on any atom is 0.226 e. The van der Waals surface area contributed by atoms with E-state index in [-0.39, 0.29) is 11.1 Å². The number of hydrogen-bond donors (Lipinski definition) is 0. The highest BCUT2D eigenvalue weighted by atomic mass is 32.1. The van der Waals surface area contributed by atoms with E-state index in [1.165, 1.54) is 28.5 Å². The summed E-state index contributed by atoms with van der Waals surface area (Å²) in [5.41, 5.74) is 1.29. The van der Waals surface area contributed by atoms with Crippen molar-refractivity contribution in [1.82, 2.24) is 14.9 Å². The molecule has 0 radical (unpaired) electrons. The summed E-state index contributed by atoms with van der Waals surface area (Å²) in [6.07, 6.45) is 7.30. The molecule has 0 spiro atoms. The van der Waals surface area contributed by atoms with Gasteiger partial charge in [-0.3, -0.25) is 4.90 Å². The Balaban J connectivity index is 1.29. The Kier molecular flexibility index (Phi) is 7.71. The second-order valence-electron chi connectivity index (χ2n) is 11.8. The summed E-state index contributed by atoms with van der Waals surface area (Å²) >= 11 is 1.72. The molecule has 0 atom stereocenters. The molecule has 8 heteroatoms. The predicted octanol–water partition coefficient (Wildman–Crippen LogP) is 6.43. The van der Waals surface area contributed by atoms with Crippen LogP contribution < -0.4 is 4.74 Å². The molecular formula is C28H41N3O3SSi. The van der Waals surface area contributed by atoms with Crippen LogP contribution in [0, 0.1) is 0 Å². The summed E-state index contributed by atoms with van der Waals surface area (Å²) < 4.78 is 19.8. The van der Waals surface area contributed by atoms with Crippen LogP contribution in [0.5, 0.6) is 5.88 Å². The lowest BCUT2D eigenvalue weighted by Gasteiger charge is -2.38. The Morgan fingerprint density at radius 1 is 1.08 bits per heavy atom. The number of rotatable bonds is 7. The van der Waals surface area contributed by atoms with Crippen molar-refractivity contribution >= 4 is 40.0 Å². The Bertz CT molecular complexity index is 1180. The van der Waals surface area contributed by atoms with Crippen molar-refractivity contribution < 1.29 is 13.9 Å². The zero-order chi connectivity index (χ0) is 25.3. The van der Waals surface area contributed by atoms with Gasteiger partial charge >= 0.3 is 0 Å². The maximum atomic E-state index is 6.57. The normalized spacial score (nSPS) is 22.4. The highest BCUT2D eigenvalue weighted by Gasteiger charge is 2.37. The van der Waals surface area contributed by atoms with Gasteiger partial charge in [-0.1, -0.05) is 26.8 Å². The van der Waals surface area contributed by atoms with Crippen LogP contribution in [0.1, 0.15) is 52.0 Å². The van der Waals surface area contributed by atoms with E-state index in [9.17, 15) is 0 Å². The van der Waals surface area contributed by atoms with Crippen molar-refractivity contribution in [3.8, 4) is 5.88 Å². The third-order valence-electron chi connectivity index (χ3n) is 8.44. The number of fused-ring (bicyclic) bond motifs is 3. The van der Waals surface area contributed by atoms with Gasteiger partial charge in [-0.2, -0.15) is 0 Å². The summed E-state index contributed by atoms with van der Waals surface area (Å²) in [5.74, 6) is 0.746. The van der Waals surface area contributed by atoms with Crippen LogP contribution in [0.15, 0.2) is 24.5 Å². The molecule has 5 rings (SSSR count). The summed E-state index contributed by atoms with van der Waals surface area (Å²) in [5, 5.41) is 2.50. The first kappa shape index (κ1) is 26.0. The van der Waals surface area contributed by atoms with E-state index in [0.29, 0.717) is 6.04 Å². The molecule has 36 heavy (non-hydrogen) atoms. The smallest absolute Gasteiger partial charge is 0.226 e. The number of thiophene rings is 1. The van der Waals surface area contributed by atoms with Gasteiger partial charge in [0.2, 0.25) is 5.88 Å². The molecule has 1 aliphatic heterocycles. The molecule has 3 heterocycles. The predicted molar refractivity (Wildman–Crippen MR) is 151 cm³/mol. The zero-order valence-electron chi connectivity index (χ0n) is 22.5. The van der Waals surface area contributed by atoms with E-state index in [1.54, 1.807) is 17.7 Å². The van der Waals surface area contributed by atoms with Gasteiger partial charge in [-0.15, -0.1) is 11.3 Å². The molecule has 1 aliphatic carbocycles. The molecule has 1 saturated carbocycles. The average molecular weight is 528 g/mol. The van der Waals surface area contributed by atoms with Crippen molar-refractivity contribution in [2.45, 2.75) is 83.2 Å².